The van der Waals surface area contributed by atoms with Crippen molar-refractivity contribution in [1.82, 2.24) is 4.57 Å². The van der Waals surface area contributed by atoms with E-state index in [1.807, 2.05) is 42.1 Å². The Kier molecular flexibility index (Phi) is 3.14. The molecule has 0 fully saturated rings. The molecular weight excluding hydrogens is 264 g/mol. The quantitative estimate of drug-likeness (QED) is 0.592. The predicted molar refractivity (Wildman–Crippen MR) is 83.8 cm³/mol. The lowest BCUT2D eigenvalue weighted by Crippen LogP contribution is -2.02. The third kappa shape index (κ3) is 2.14. The first kappa shape index (κ1) is 13.2. The number of hydrogen-bond acceptors (Lipinski definition) is 3. The van der Waals surface area contributed by atoms with Crippen molar-refractivity contribution < 1.29 is 9.53 Å². The van der Waals surface area contributed by atoms with E-state index < -0.39 is 0 Å². The molecule has 0 aliphatic heterocycles. The molecular formula is C17H16N2O2. The number of ketones is 1. The highest BCUT2D eigenvalue weighted by molar-refractivity contribution is 6.16. The zero-order valence-electron chi connectivity index (χ0n) is 12.0. The monoisotopic (exact) mass is 280 g/mol. The molecule has 1 heterocycles. The van der Waals surface area contributed by atoms with E-state index in [1.54, 1.807) is 18.2 Å². The van der Waals surface area contributed by atoms with Crippen LogP contribution in [-0.4, -0.2) is 17.5 Å². The van der Waals surface area contributed by atoms with Gasteiger partial charge in [-0.25, -0.2) is 0 Å². The number of carbonyl (C=O) groups excluding carboxylic acids is 1. The first-order valence-electron chi connectivity index (χ1n) is 6.64. The maximum absolute atomic E-state index is 12.7. The lowest BCUT2D eigenvalue weighted by molar-refractivity contribution is 0.104. The van der Waals surface area contributed by atoms with Gasteiger partial charge in [0, 0.05) is 35.3 Å². The van der Waals surface area contributed by atoms with Gasteiger partial charge in [-0.05, 0) is 24.3 Å². The van der Waals surface area contributed by atoms with E-state index >= 15 is 0 Å². The summed E-state index contributed by atoms with van der Waals surface area (Å²) in [6.45, 7) is 0. The summed E-state index contributed by atoms with van der Waals surface area (Å²) in [7, 11) is 3.47. The van der Waals surface area contributed by atoms with Gasteiger partial charge in [-0.15, -0.1) is 0 Å². The number of benzene rings is 2. The van der Waals surface area contributed by atoms with Gasteiger partial charge in [-0.2, -0.15) is 0 Å². The second kappa shape index (κ2) is 4.98. The molecule has 0 spiro atoms. The van der Waals surface area contributed by atoms with Crippen molar-refractivity contribution in [3.05, 3.63) is 59.8 Å². The number of hydrogen-bond donors (Lipinski definition) is 1. The summed E-state index contributed by atoms with van der Waals surface area (Å²) >= 11 is 0. The second-order valence-electron chi connectivity index (χ2n) is 4.96. The number of aromatic nitrogens is 1. The van der Waals surface area contributed by atoms with Crippen LogP contribution in [0.25, 0.3) is 10.9 Å². The second-order valence-corrected chi connectivity index (χ2v) is 4.96. The molecule has 2 aromatic carbocycles. The van der Waals surface area contributed by atoms with Gasteiger partial charge in [0.05, 0.1) is 12.8 Å². The van der Waals surface area contributed by atoms with Crippen LogP contribution in [0.15, 0.2) is 48.7 Å². The van der Waals surface area contributed by atoms with Crippen molar-refractivity contribution >= 4 is 22.4 Å². The largest absolute Gasteiger partial charge is 0.495 e. The van der Waals surface area contributed by atoms with Gasteiger partial charge in [0.1, 0.15) is 5.75 Å². The van der Waals surface area contributed by atoms with Crippen LogP contribution in [0, 0.1) is 0 Å². The summed E-state index contributed by atoms with van der Waals surface area (Å²) < 4.78 is 7.14. The summed E-state index contributed by atoms with van der Waals surface area (Å²) in [4.78, 5) is 12.7. The van der Waals surface area contributed by atoms with Gasteiger partial charge >= 0.3 is 0 Å². The molecule has 3 rings (SSSR count). The van der Waals surface area contributed by atoms with E-state index in [4.69, 9.17) is 10.5 Å². The van der Waals surface area contributed by atoms with Crippen molar-refractivity contribution in [2.24, 2.45) is 7.05 Å². The van der Waals surface area contributed by atoms with Crippen molar-refractivity contribution in [2.45, 2.75) is 0 Å². The molecule has 3 aromatic rings. The first-order chi connectivity index (χ1) is 10.1. The number of carbonyl (C=O) groups is 1. The van der Waals surface area contributed by atoms with E-state index in [9.17, 15) is 4.79 Å². The van der Waals surface area contributed by atoms with Crippen molar-refractivity contribution in [2.75, 3.05) is 12.8 Å². The van der Waals surface area contributed by atoms with Gasteiger partial charge in [-0.3, -0.25) is 4.79 Å². The van der Waals surface area contributed by atoms with Crippen LogP contribution in [0.2, 0.25) is 0 Å². The summed E-state index contributed by atoms with van der Waals surface area (Å²) in [5.41, 5.74) is 8.59. The number of nitrogens with zero attached hydrogens (tertiary/aromatic N) is 1. The van der Waals surface area contributed by atoms with Crippen molar-refractivity contribution in [1.29, 1.82) is 0 Å². The van der Waals surface area contributed by atoms with Crippen LogP contribution < -0.4 is 10.5 Å². The van der Waals surface area contributed by atoms with E-state index in [-0.39, 0.29) is 5.78 Å². The number of ether oxygens (including phenoxy) is 1. The van der Waals surface area contributed by atoms with Gasteiger partial charge < -0.3 is 15.0 Å². The molecule has 0 saturated carbocycles. The number of anilines is 1. The standard InChI is InChI=1S/C17H16N2O2/c1-19-10-13(12-5-3-4-6-15(12)19)17(20)11-7-8-14(18)16(9-11)21-2/h3-10H,18H2,1-2H3. The summed E-state index contributed by atoms with van der Waals surface area (Å²) in [6.07, 6.45) is 1.86. The fourth-order valence-corrected chi connectivity index (χ4v) is 2.53. The van der Waals surface area contributed by atoms with Crippen LogP contribution in [0.3, 0.4) is 0 Å². The van der Waals surface area contributed by atoms with Gasteiger partial charge in [0.2, 0.25) is 0 Å². The fraction of sp³-hybridized carbons (Fsp3) is 0.118. The highest BCUT2D eigenvalue weighted by Gasteiger charge is 2.16. The predicted octanol–water partition coefficient (Wildman–Crippen LogP) is 3.00. The SMILES string of the molecule is COc1cc(C(=O)c2cn(C)c3ccccc23)ccc1N. The van der Waals surface area contributed by atoms with Crippen LogP contribution >= 0.6 is 0 Å². The Morgan fingerprint density at radius 2 is 1.95 bits per heavy atom. The number of rotatable bonds is 3. The molecule has 21 heavy (non-hydrogen) atoms. The van der Waals surface area contributed by atoms with E-state index in [2.05, 4.69) is 0 Å². The number of para-hydroxylation sites is 1. The minimum absolute atomic E-state index is 0.0369. The van der Waals surface area contributed by atoms with E-state index in [0.717, 1.165) is 10.9 Å². The molecule has 0 aliphatic carbocycles. The van der Waals surface area contributed by atoms with Crippen LogP contribution in [0.4, 0.5) is 5.69 Å². The van der Waals surface area contributed by atoms with Gasteiger partial charge in [0.25, 0.3) is 0 Å². The Bertz CT molecular complexity index is 834. The Morgan fingerprint density at radius 3 is 2.71 bits per heavy atom. The van der Waals surface area contributed by atoms with Gasteiger partial charge in [0.15, 0.2) is 5.78 Å². The third-order valence-corrected chi connectivity index (χ3v) is 3.64. The smallest absolute Gasteiger partial charge is 0.195 e. The van der Waals surface area contributed by atoms with Crippen LogP contribution in [0.1, 0.15) is 15.9 Å². The Hall–Kier alpha value is -2.75. The Balaban J connectivity index is 2.13. The van der Waals surface area contributed by atoms with Crippen molar-refractivity contribution in [3.8, 4) is 5.75 Å². The average Bonchev–Trinajstić information content (AvgIpc) is 2.85. The summed E-state index contributed by atoms with van der Waals surface area (Å²) in [6, 6.07) is 12.9. The highest BCUT2D eigenvalue weighted by atomic mass is 16.5. The molecule has 0 amide bonds. The maximum atomic E-state index is 12.7. The zero-order valence-corrected chi connectivity index (χ0v) is 12.0. The summed E-state index contributed by atoms with van der Waals surface area (Å²) in [5, 5.41) is 0.945. The van der Waals surface area contributed by atoms with E-state index in [1.165, 1.54) is 7.11 Å². The highest BCUT2D eigenvalue weighted by Crippen LogP contribution is 2.27. The molecule has 0 unspecified atom stereocenters. The Morgan fingerprint density at radius 1 is 1.19 bits per heavy atom. The number of nitrogen functional groups attached to an aromatic ring is 1. The number of fused-ring (bicyclic) bond motifs is 1. The van der Waals surface area contributed by atoms with Gasteiger partial charge in [-0.1, -0.05) is 18.2 Å². The Labute approximate surface area is 122 Å². The first-order valence-corrected chi connectivity index (χ1v) is 6.64. The van der Waals surface area contributed by atoms with Crippen LogP contribution in [-0.2, 0) is 7.05 Å². The molecule has 4 heteroatoms. The molecule has 106 valence electrons. The minimum Gasteiger partial charge on any atom is -0.495 e. The lowest BCUT2D eigenvalue weighted by Gasteiger charge is -2.06. The van der Waals surface area contributed by atoms with Crippen LogP contribution in [0.5, 0.6) is 5.75 Å². The maximum Gasteiger partial charge on any atom is 0.195 e. The molecule has 0 bridgehead atoms. The minimum atomic E-state index is -0.0369. The molecule has 0 atom stereocenters. The molecule has 2 N–H and O–H groups in total. The molecule has 0 radical (unpaired) electrons. The van der Waals surface area contributed by atoms with E-state index in [0.29, 0.717) is 22.6 Å². The lowest BCUT2D eigenvalue weighted by atomic mass is 10.0. The third-order valence-electron chi connectivity index (χ3n) is 3.64. The molecule has 0 aliphatic rings. The average molecular weight is 280 g/mol. The fourth-order valence-electron chi connectivity index (χ4n) is 2.53. The molecule has 4 nitrogen and oxygen atoms in total. The number of methoxy groups -OCH3 is 1. The topological polar surface area (TPSA) is 57.2 Å². The van der Waals surface area contributed by atoms with Crippen molar-refractivity contribution in [3.63, 3.8) is 0 Å². The summed E-state index contributed by atoms with van der Waals surface area (Å²) in [5.74, 6) is 0.478. The normalized spacial score (nSPS) is 10.8. The molecule has 0 saturated heterocycles. The number of nitrogens with two attached hydrogens (primary N) is 1. The number of aryl methyl sites for hydroxylation is 1. The molecule has 1 aromatic heterocycles. The zero-order chi connectivity index (χ0) is 15.0.